The number of hydrogen-bond donors (Lipinski definition) is 2. The quantitative estimate of drug-likeness (QED) is 0.704. The van der Waals surface area contributed by atoms with E-state index in [9.17, 15) is 9.59 Å². The molecule has 2 saturated carbocycles. The first-order valence-electron chi connectivity index (χ1n) is 9.80. The zero-order valence-corrected chi connectivity index (χ0v) is 15.4. The van der Waals surface area contributed by atoms with E-state index in [0.29, 0.717) is 22.7 Å². The normalized spacial score (nSPS) is 16.0. The lowest BCUT2D eigenvalue weighted by molar-refractivity contribution is 0.0952. The highest BCUT2D eigenvalue weighted by Gasteiger charge is 2.28. The van der Waals surface area contributed by atoms with Crippen LogP contribution in [0.25, 0.3) is 10.9 Å². The van der Waals surface area contributed by atoms with Crippen molar-refractivity contribution in [1.82, 2.24) is 10.3 Å². The molecule has 5 heteroatoms. The molecule has 2 N–H and O–H groups in total. The zero-order valence-electron chi connectivity index (χ0n) is 15.4. The molecule has 1 heterocycles. The maximum absolute atomic E-state index is 13.2. The van der Waals surface area contributed by atoms with Gasteiger partial charge in [-0.3, -0.25) is 14.6 Å². The van der Waals surface area contributed by atoms with Crippen LogP contribution in [-0.4, -0.2) is 22.8 Å². The van der Waals surface area contributed by atoms with E-state index in [1.165, 1.54) is 0 Å². The second kappa shape index (κ2) is 6.75. The zero-order chi connectivity index (χ0) is 19.1. The van der Waals surface area contributed by atoms with Gasteiger partial charge < -0.3 is 10.6 Å². The Morgan fingerprint density at radius 3 is 2.39 bits per heavy atom. The van der Waals surface area contributed by atoms with Gasteiger partial charge in [-0.05, 0) is 49.9 Å². The van der Waals surface area contributed by atoms with Crippen LogP contribution in [0.4, 0.5) is 5.69 Å². The van der Waals surface area contributed by atoms with E-state index in [1.54, 1.807) is 12.1 Å². The molecule has 140 valence electrons. The van der Waals surface area contributed by atoms with E-state index in [4.69, 9.17) is 4.98 Å². The van der Waals surface area contributed by atoms with E-state index in [1.807, 2.05) is 42.5 Å². The molecule has 0 atom stereocenters. The van der Waals surface area contributed by atoms with Gasteiger partial charge in [0.25, 0.3) is 11.8 Å². The molecule has 2 aromatic carbocycles. The number of nitrogens with zero attached hydrogens (tertiary/aromatic N) is 1. The lowest BCUT2D eigenvalue weighted by Crippen LogP contribution is -2.27. The number of nitrogens with one attached hydrogen (secondary N) is 2. The SMILES string of the molecule is O=C(NC1CC1)c1ccccc1NC(=O)c1cc(C2CC2)nc2ccccc12. The van der Waals surface area contributed by atoms with Crippen LogP contribution in [0.15, 0.2) is 54.6 Å². The van der Waals surface area contributed by atoms with Gasteiger partial charge in [-0.2, -0.15) is 0 Å². The van der Waals surface area contributed by atoms with Gasteiger partial charge in [0.2, 0.25) is 0 Å². The third-order valence-electron chi connectivity index (χ3n) is 5.31. The third kappa shape index (κ3) is 3.36. The Labute approximate surface area is 163 Å². The molecule has 28 heavy (non-hydrogen) atoms. The smallest absolute Gasteiger partial charge is 0.256 e. The molecule has 1 aromatic heterocycles. The van der Waals surface area contributed by atoms with Crippen LogP contribution in [0.3, 0.4) is 0 Å². The summed E-state index contributed by atoms with van der Waals surface area (Å²) in [6.07, 6.45) is 4.29. The Morgan fingerprint density at radius 1 is 0.857 bits per heavy atom. The fourth-order valence-corrected chi connectivity index (χ4v) is 3.44. The van der Waals surface area contributed by atoms with E-state index < -0.39 is 0 Å². The molecular formula is C23H21N3O2. The summed E-state index contributed by atoms with van der Waals surface area (Å²) in [6.45, 7) is 0. The molecule has 3 aromatic rings. The number of para-hydroxylation sites is 2. The number of rotatable bonds is 5. The monoisotopic (exact) mass is 371 g/mol. The Morgan fingerprint density at radius 2 is 1.61 bits per heavy atom. The van der Waals surface area contributed by atoms with Crippen LogP contribution in [0, 0.1) is 0 Å². The Balaban J connectivity index is 1.48. The summed E-state index contributed by atoms with van der Waals surface area (Å²) in [7, 11) is 0. The number of carbonyl (C=O) groups is 2. The molecule has 5 rings (SSSR count). The minimum Gasteiger partial charge on any atom is -0.349 e. The molecule has 0 spiro atoms. The summed E-state index contributed by atoms with van der Waals surface area (Å²) in [5, 5.41) is 6.76. The maximum atomic E-state index is 13.2. The number of hydrogen-bond acceptors (Lipinski definition) is 3. The molecule has 2 aliphatic carbocycles. The fourth-order valence-electron chi connectivity index (χ4n) is 3.44. The molecule has 2 aliphatic rings. The van der Waals surface area contributed by atoms with Crippen LogP contribution in [0.5, 0.6) is 0 Å². The van der Waals surface area contributed by atoms with Gasteiger partial charge in [0.15, 0.2) is 0 Å². The van der Waals surface area contributed by atoms with E-state index >= 15 is 0 Å². The highest BCUT2D eigenvalue weighted by Crippen LogP contribution is 2.40. The van der Waals surface area contributed by atoms with Crippen LogP contribution in [0.1, 0.15) is 58.0 Å². The summed E-state index contributed by atoms with van der Waals surface area (Å²) in [5.41, 5.74) is 3.42. The molecule has 0 unspecified atom stereocenters. The summed E-state index contributed by atoms with van der Waals surface area (Å²) < 4.78 is 0. The Kier molecular flexibility index (Phi) is 4.08. The maximum Gasteiger partial charge on any atom is 0.256 e. The van der Waals surface area contributed by atoms with E-state index in [-0.39, 0.29) is 17.9 Å². The second-order valence-corrected chi connectivity index (χ2v) is 7.63. The highest BCUT2D eigenvalue weighted by molar-refractivity contribution is 6.14. The predicted molar refractivity (Wildman–Crippen MR) is 109 cm³/mol. The van der Waals surface area contributed by atoms with Gasteiger partial charge >= 0.3 is 0 Å². The molecule has 0 radical (unpaired) electrons. The number of carbonyl (C=O) groups excluding carboxylic acids is 2. The molecule has 2 fully saturated rings. The molecule has 0 saturated heterocycles. The van der Waals surface area contributed by atoms with Crippen molar-refractivity contribution >= 4 is 28.4 Å². The van der Waals surface area contributed by atoms with Gasteiger partial charge in [-0.15, -0.1) is 0 Å². The summed E-state index contributed by atoms with van der Waals surface area (Å²) in [6, 6.07) is 17.0. The van der Waals surface area contributed by atoms with E-state index in [2.05, 4.69) is 10.6 Å². The van der Waals surface area contributed by atoms with Gasteiger partial charge in [0.05, 0.1) is 22.3 Å². The van der Waals surface area contributed by atoms with Crippen LogP contribution >= 0.6 is 0 Å². The number of anilines is 1. The van der Waals surface area contributed by atoms with Crippen molar-refractivity contribution in [2.75, 3.05) is 5.32 Å². The minimum absolute atomic E-state index is 0.142. The van der Waals surface area contributed by atoms with Crippen LogP contribution in [-0.2, 0) is 0 Å². The minimum atomic E-state index is -0.216. The molecular weight excluding hydrogens is 350 g/mol. The Bertz CT molecular complexity index is 1080. The molecule has 0 aliphatic heterocycles. The predicted octanol–water partition coefficient (Wildman–Crippen LogP) is 4.26. The number of pyridine rings is 1. The molecule has 0 bridgehead atoms. The number of benzene rings is 2. The van der Waals surface area contributed by atoms with Gasteiger partial charge in [-0.25, -0.2) is 0 Å². The van der Waals surface area contributed by atoms with Crippen LogP contribution < -0.4 is 10.6 Å². The van der Waals surface area contributed by atoms with Gasteiger partial charge in [0, 0.05) is 23.0 Å². The van der Waals surface area contributed by atoms with E-state index in [0.717, 1.165) is 42.3 Å². The first kappa shape index (κ1) is 16.9. The second-order valence-electron chi connectivity index (χ2n) is 7.63. The number of fused-ring (bicyclic) bond motifs is 1. The van der Waals surface area contributed by atoms with Gasteiger partial charge in [-0.1, -0.05) is 30.3 Å². The van der Waals surface area contributed by atoms with Crippen molar-refractivity contribution < 1.29 is 9.59 Å². The number of aromatic nitrogens is 1. The van der Waals surface area contributed by atoms with Crippen molar-refractivity contribution in [3.05, 3.63) is 71.4 Å². The third-order valence-corrected chi connectivity index (χ3v) is 5.31. The van der Waals surface area contributed by atoms with Gasteiger partial charge in [0.1, 0.15) is 0 Å². The number of amides is 2. The lowest BCUT2D eigenvalue weighted by atomic mass is 10.0. The van der Waals surface area contributed by atoms with Crippen molar-refractivity contribution in [3.63, 3.8) is 0 Å². The molecule has 2 amide bonds. The average molecular weight is 371 g/mol. The Hall–Kier alpha value is -3.21. The van der Waals surface area contributed by atoms with Crippen molar-refractivity contribution in [1.29, 1.82) is 0 Å². The fraction of sp³-hybridized carbons (Fsp3) is 0.261. The molecule has 5 nitrogen and oxygen atoms in total. The first-order valence-corrected chi connectivity index (χ1v) is 9.80. The largest absolute Gasteiger partial charge is 0.349 e. The van der Waals surface area contributed by atoms with Crippen LogP contribution in [0.2, 0.25) is 0 Å². The standard InChI is InChI=1S/C23H21N3O2/c27-22(24-15-11-12-15)17-6-2-4-8-20(17)26-23(28)18-13-21(14-9-10-14)25-19-7-3-1-5-16(18)19/h1-8,13-15H,9-12H2,(H,24,27)(H,26,28). The van der Waals surface area contributed by atoms with Crippen molar-refractivity contribution in [3.8, 4) is 0 Å². The average Bonchev–Trinajstić information content (AvgIpc) is 3.61. The first-order chi connectivity index (χ1) is 13.7. The van der Waals surface area contributed by atoms with Crippen molar-refractivity contribution in [2.45, 2.75) is 37.6 Å². The highest BCUT2D eigenvalue weighted by atomic mass is 16.2. The summed E-state index contributed by atoms with van der Waals surface area (Å²) in [5.74, 6) is 0.0941. The topological polar surface area (TPSA) is 71.1 Å². The van der Waals surface area contributed by atoms with Crippen molar-refractivity contribution in [2.24, 2.45) is 0 Å². The summed E-state index contributed by atoms with van der Waals surface area (Å²) in [4.78, 5) is 30.4. The summed E-state index contributed by atoms with van der Waals surface area (Å²) >= 11 is 0. The lowest BCUT2D eigenvalue weighted by Gasteiger charge is -2.13.